The molecule has 3 rings (SSSR count). The lowest BCUT2D eigenvalue weighted by Gasteiger charge is -2.32. The molecule has 2 heterocycles. The second-order valence-electron chi connectivity index (χ2n) is 6.47. The Balaban J connectivity index is 0.00000243. The number of sulfonamides is 1. The molecule has 2 aliphatic heterocycles. The quantitative estimate of drug-likeness (QED) is 0.745. The standard InChI is InChI=1S/C16H25N3O4S2.ClH/c1-2-24(20,21)15-3-5-16(6-4-15)25(22,23)19-10-7-14(13-19)18-11-8-17-9-12-18;/h3-6,14,17H,2,7-13H2,1H3;1H. The van der Waals surface area contributed by atoms with Crippen LogP contribution in [0.3, 0.4) is 0 Å². The van der Waals surface area contributed by atoms with Gasteiger partial charge in [0.15, 0.2) is 9.84 Å². The molecule has 0 spiro atoms. The Labute approximate surface area is 162 Å². The average Bonchev–Trinajstić information content (AvgIpc) is 3.13. The summed E-state index contributed by atoms with van der Waals surface area (Å²) in [4.78, 5) is 2.67. The molecule has 0 radical (unpaired) electrons. The molecule has 10 heteroatoms. The van der Waals surface area contributed by atoms with Gasteiger partial charge in [0.25, 0.3) is 0 Å². The average molecular weight is 424 g/mol. The minimum atomic E-state index is -3.58. The smallest absolute Gasteiger partial charge is 0.243 e. The second kappa shape index (κ2) is 8.53. The monoisotopic (exact) mass is 423 g/mol. The van der Waals surface area contributed by atoms with Gasteiger partial charge in [-0.15, -0.1) is 12.4 Å². The van der Waals surface area contributed by atoms with E-state index in [9.17, 15) is 16.8 Å². The van der Waals surface area contributed by atoms with Gasteiger partial charge in [-0.25, -0.2) is 16.8 Å². The molecule has 0 bridgehead atoms. The molecular weight excluding hydrogens is 398 g/mol. The van der Waals surface area contributed by atoms with Crippen LogP contribution in [0.15, 0.2) is 34.1 Å². The van der Waals surface area contributed by atoms with E-state index >= 15 is 0 Å². The molecule has 1 atom stereocenters. The van der Waals surface area contributed by atoms with Gasteiger partial charge in [-0.3, -0.25) is 4.90 Å². The lowest BCUT2D eigenvalue weighted by molar-refractivity contribution is 0.179. The zero-order chi connectivity index (χ0) is 18.1. The predicted molar refractivity (Wildman–Crippen MR) is 103 cm³/mol. The van der Waals surface area contributed by atoms with E-state index in [1.165, 1.54) is 28.6 Å². The van der Waals surface area contributed by atoms with Gasteiger partial charge >= 0.3 is 0 Å². The van der Waals surface area contributed by atoms with Crippen molar-refractivity contribution in [3.63, 3.8) is 0 Å². The summed E-state index contributed by atoms with van der Waals surface area (Å²) in [5.41, 5.74) is 0. The van der Waals surface area contributed by atoms with Crippen LogP contribution in [0, 0.1) is 0 Å². The second-order valence-corrected chi connectivity index (χ2v) is 10.7. The van der Waals surface area contributed by atoms with E-state index in [0.29, 0.717) is 13.1 Å². The molecular formula is C16H26ClN3O4S2. The third-order valence-electron chi connectivity index (χ3n) is 4.99. The molecule has 2 aliphatic rings. The Morgan fingerprint density at radius 1 is 1.00 bits per heavy atom. The molecule has 0 amide bonds. The minimum absolute atomic E-state index is 0. The van der Waals surface area contributed by atoms with E-state index in [-0.39, 0.29) is 34.0 Å². The van der Waals surface area contributed by atoms with Gasteiger partial charge in [0, 0.05) is 45.3 Å². The number of nitrogens with one attached hydrogen (secondary N) is 1. The van der Waals surface area contributed by atoms with Crippen LogP contribution in [0.4, 0.5) is 0 Å². The fourth-order valence-corrected chi connectivity index (χ4v) is 5.79. The van der Waals surface area contributed by atoms with Crippen LogP contribution in [0.2, 0.25) is 0 Å². The van der Waals surface area contributed by atoms with Crippen molar-refractivity contribution in [2.45, 2.75) is 29.2 Å². The number of hydrogen-bond donors (Lipinski definition) is 1. The summed E-state index contributed by atoms with van der Waals surface area (Å²) < 4.78 is 50.9. The molecule has 148 valence electrons. The summed E-state index contributed by atoms with van der Waals surface area (Å²) in [6, 6.07) is 5.83. The topological polar surface area (TPSA) is 86.8 Å². The van der Waals surface area contributed by atoms with Gasteiger partial charge in [-0.05, 0) is 30.7 Å². The van der Waals surface area contributed by atoms with Crippen LogP contribution in [-0.2, 0) is 19.9 Å². The van der Waals surface area contributed by atoms with E-state index in [1.54, 1.807) is 6.92 Å². The number of halogens is 1. The molecule has 1 unspecified atom stereocenters. The maximum atomic E-state index is 12.8. The normalized spacial score (nSPS) is 22.9. The molecule has 1 N–H and O–H groups in total. The van der Waals surface area contributed by atoms with E-state index in [2.05, 4.69) is 10.2 Å². The van der Waals surface area contributed by atoms with Crippen LogP contribution >= 0.6 is 12.4 Å². The number of sulfone groups is 1. The zero-order valence-corrected chi connectivity index (χ0v) is 17.2. The summed E-state index contributed by atoms with van der Waals surface area (Å²) in [5.74, 6) is -0.00239. The molecule has 0 aromatic heterocycles. The van der Waals surface area contributed by atoms with Crippen LogP contribution < -0.4 is 5.32 Å². The highest BCUT2D eigenvalue weighted by molar-refractivity contribution is 7.91. The highest BCUT2D eigenvalue weighted by atomic mass is 35.5. The van der Waals surface area contributed by atoms with E-state index < -0.39 is 19.9 Å². The van der Waals surface area contributed by atoms with Crippen molar-refractivity contribution in [2.75, 3.05) is 45.0 Å². The Bertz CT molecular complexity index is 806. The predicted octanol–water partition coefficient (Wildman–Crippen LogP) is 0.570. The van der Waals surface area contributed by atoms with Gasteiger partial charge in [0.05, 0.1) is 15.5 Å². The lowest BCUT2D eigenvalue weighted by atomic mass is 10.2. The fraction of sp³-hybridized carbons (Fsp3) is 0.625. The van der Waals surface area contributed by atoms with Crippen molar-refractivity contribution in [1.82, 2.24) is 14.5 Å². The van der Waals surface area contributed by atoms with E-state index in [4.69, 9.17) is 0 Å². The fourth-order valence-electron chi connectivity index (χ4n) is 3.41. The van der Waals surface area contributed by atoms with Crippen LogP contribution in [-0.4, -0.2) is 77.1 Å². The first kappa shape index (κ1) is 21.6. The minimum Gasteiger partial charge on any atom is -0.314 e. The van der Waals surface area contributed by atoms with Gasteiger partial charge < -0.3 is 5.32 Å². The zero-order valence-electron chi connectivity index (χ0n) is 14.8. The van der Waals surface area contributed by atoms with E-state index in [1.807, 2.05) is 0 Å². The first-order valence-corrected chi connectivity index (χ1v) is 11.7. The van der Waals surface area contributed by atoms with E-state index in [0.717, 1.165) is 32.6 Å². The van der Waals surface area contributed by atoms with Crippen molar-refractivity contribution in [3.05, 3.63) is 24.3 Å². The molecule has 0 saturated carbocycles. The molecule has 2 saturated heterocycles. The van der Waals surface area contributed by atoms with Crippen LogP contribution in [0.5, 0.6) is 0 Å². The van der Waals surface area contributed by atoms with Gasteiger partial charge in [0.2, 0.25) is 10.0 Å². The molecule has 7 nitrogen and oxygen atoms in total. The first-order chi connectivity index (χ1) is 11.8. The van der Waals surface area contributed by atoms with Crippen LogP contribution in [0.1, 0.15) is 13.3 Å². The highest BCUT2D eigenvalue weighted by Crippen LogP contribution is 2.25. The van der Waals surface area contributed by atoms with Gasteiger partial charge in [0.1, 0.15) is 0 Å². The molecule has 1 aromatic carbocycles. The summed E-state index contributed by atoms with van der Waals surface area (Å²) in [6.45, 7) is 6.35. The Morgan fingerprint density at radius 2 is 1.58 bits per heavy atom. The maximum Gasteiger partial charge on any atom is 0.243 e. The van der Waals surface area contributed by atoms with Gasteiger partial charge in [-0.2, -0.15) is 4.31 Å². The summed E-state index contributed by atoms with van der Waals surface area (Å²) in [6.07, 6.45) is 0.835. The third kappa shape index (κ3) is 4.40. The largest absolute Gasteiger partial charge is 0.314 e. The number of benzene rings is 1. The van der Waals surface area contributed by atoms with Crippen molar-refractivity contribution in [3.8, 4) is 0 Å². The molecule has 26 heavy (non-hydrogen) atoms. The number of rotatable bonds is 5. The third-order valence-corrected chi connectivity index (χ3v) is 8.62. The van der Waals surface area contributed by atoms with Crippen LogP contribution in [0.25, 0.3) is 0 Å². The summed E-state index contributed by atoms with van der Waals surface area (Å²) >= 11 is 0. The van der Waals surface area contributed by atoms with Crippen molar-refractivity contribution in [2.24, 2.45) is 0 Å². The Morgan fingerprint density at radius 3 is 2.15 bits per heavy atom. The number of nitrogens with zero attached hydrogens (tertiary/aromatic N) is 2. The summed E-state index contributed by atoms with van der Waals surface area (Å²) in [7, 11) is -6.91. The highest BCUT2D eigenvalue weighted by Gasteiger charge is 2.35. The Hall–Kier alpha value is -0.710. The molecule has 1 aromatic rings. The van der Waals surface area contributed by atoms with Crippen molar-refractivity contribution < 1.29 is 16.8 Å². The summed E-state index contributed by atoms with van der Waals surface area (Å²) in [5, 5.41) is 3.31. The van der Waals surface area contributed by atoms with Crippen molar-refractivity contribution in [1.29, 1.82) is 0 Å². The number of piperazine rings is 1. The maximum absolute atomic E-state index is 12.8. The SMILES string of the molecule is CCS(=O)(=O)c1ccc(S(=O)(=O)N2CCC(N3CCNCC3)C2)cc1.Cl. The number of hydrogen-bond acceptors (Lipinski definition) is 6. The molecule has 2 fully saturated rings. The molecule has 0 aliphatic carbocycles. The lowest BCUT2D eigenvalue weighted by Crippen LogP contribution is -2.49. The first-order valence-electron chi connectivity index (χ1n) is 8.62. The van der Waals surface area contributed by atoms with Gasteiger partial charge in [-0.1, -0.05) is 6.92 Å². The Kier molecular flexibility index (Phi) is 7.09. The van der Waals surface area contributed by atoms with Crippen molar-refractivity contribution >= 4 is 32.3 Å².